The maximum absolute atomic E-state index is 12.7. The van der Waals surface area contributed by atoms with Gasteiger partial charge in [-0.15, -0.1) is 0 Å². The molecule has 0 aliphatic carbocycles. The van der Waals surface area contributed by atoms with E-state index in [2.05, 4.69) is 10.3 Å². The number of carbonyl (C=O) groups excluding carboxylic acids is 1. The lowest BCUT2D eigenvalue weighted by Gasteiger charge is -2.24. The standard InChI is InChI=1S/C19H16N2O2S/c22-18(15-10-11-23-16-9-5-4-8-14(15)16)21-19-20-12-17(24-19)13-6-2-1-3-7-13/h1-9,12,15H,10-11H2,(H,20,21,22)/t15-/m0/s1. The second kappa shape index (κ2) is 6.45. The Morgan fingerprint density at radius 2 is 1.92 bits per heavy atom. The molecule has 1 amide bonds. The smallest absolute Gasteiger partial charge is 0.233 e. The van der Waals surface area contributed by atoms with Crippen LogP contribution >= 0.6 is 11.3 Å². The number of rotatable bonds is 3. The first-order valence-electron chi connectivity index (χ1n) is 7.85. The average molecular weight is 336 g/mol. The molecule has 2 heterocycles. The number of nitrogens with zero attached hydrogens (tertiary/aromatic N) is 1. The molecule has 0 radical (unpaired) electrons. The van der Waals surface area contributed by atoms with Crippen molar-refractivity contribution in [3.8, 4) is 16.2 Å². The van der Waals surface area contributed by atoms with Gasteiger partial charge in [-0.2, -0.15) is 0 Å². The second-order valence-corrected chi connectivity index (χ2v) is 6.64. The summed E-state index contributed by atoms with van der Waals surface area (Å²) in [5.74, 6) is 0.576. The minimum atomic E-state index is -0.195. The zero-order valence-electron chi connectivity index (χ0n) is 12.9. The Balaban J connectivity index is 1.53. The molecule has 0 saturated heterocycles. The zero-order valence-corrected chi connectivity index (χ0v) is 13.8. The van der Waals surface area contributed by atoms with Crippen molar-refractivity contribution in [2.75, 3.05) is 11.9 Å². The summed E-state index contributed by atoms with van der Waals surface area (Å²) < 4.78 is 5.62. The summed E-state index contributed by atoms with van der Waals surface area (Å²) in [6.45, 7) is 0.558. The molecule has 2 aromatic carbocycles. The monoisotopic (exact) mass is 336 g/mol. The Morgan fingerprint density at radius 3 is 2.79 bits per heavy atom. The molecule has 5 heteroatoms. The van der Waals surface area contributed by atoms with Crippen LogP contribution in [0.15, 0.2) is 60.8 Å². The average Bonchev–Trinajstić information content (AvgIpc) is 3.10. The fourth-order valence-corrected chi connectivity index (χ4v) is 3.70. The molecule has 4 nitrogen and oxygen atoms in total. The van der Waals surface area contributed by atoms with Crippen LogP contribution in [0.25, 0.3) is 10.4 Å². The number of hydrogen-bond donors (Lipinski definition) is 1. The van der Waals surface area contributed by atoms with Crippen LogP contribution in [0.2, 0.25) is 0 Å². The fraction of sp³-hybridized carbons (Fsp3) is 0.158. The fourth-order valence-electron chi connectivity index (χ4n) is 2.87. The van der Waals surface area contributed by atoms with Gasteiger partial charge in [-0.3, -0.25) is 4.79 Å². The van der Waals surface area contributed by atoms with Crippen molar-refractivity contribution in [2.24, 2.45) is 0 Å². The first-order chi connectivity index (χ1) is 11.8. The number of nitrogens with one attached hydrogen (secondary N) is 1. The predicted octanol–water partition coefficient (Wildman–Crippen LogP) is 4.31. The topological polar surface area (TPSA) is 51.2 Å². The molecule has 0 fully saturated rings. The van der Waals surface area contributed by atoms with E-state index < -0.39 is 0 Å². The van der Waals surface area contributed by atoms with Crippen LogP contribution < -0.4 is 10.1 Å². The molecule has 4 rings (SSSR count). The van der Waals surface area contributed by atoms with E-state index in [1.165, 1.54) is 11.3 Å². The molecule has 0 spiro atoms. The van der Waals surface area contributed by atoms with Gasteiger partial charge in [0.15, 0.2) is 5.13 Å². The van der Waals surface area contributed by atoms with Crippen molar-refractivity contribution in [2.45, 2.75) is 12.3 Å². The van der Waals surface area contributed by atoms with Gasteiger partial charge >= 0.3 is 0 Å². The number of para-hydroxylation sites is 1. The maximum atomic E-state index is 12.7. The molecular formula is C19H16N2O2S. The summed E-state index contributed by atoms with van der Waals surface area (Å²) in [6, 6.07) is 17.8. The Labute approximate surface area is 144 Å². The van der Waals surface area contributed by atoms with Crippen molar-refractivity contribution >= 4 is 22.4 Å². The summed E-state index contributed by atoms with van der Waals surface area (Å²) in [4.78, 5) is 18.1. The van der Waals surface area contributed by atoms with Crippen LogP contribution in [0, 0.1) is 0 Å². The van der Waals surface area contributed by atoms with Gasteiger partial charge < -0.3 is 10.1 Å². The minimum Gasteiger partial charge on any atom is -0.493 e. The highest BCUT2D eigenvalue weighted by Gasteiger charge is 2.27. The minimum absolute atomic E-state index is 0.0280. The molecule has 3 aromatic rings. The van der Waals surface area contributed by atoms with Gasteiger partial charge in [-0.25, -0.2) is 4.98 Å². The third kappa shape index (κ3) is 2.90. The zero-order chi connectivity index (χ0) is 16.4. The van der Waals surface area contributed by atoms with E-state index in [4.69, 9.17) is 4.74 Å². The van der Waals surface area contributed by atoms with Gasteiger partial charge in [0, 0.05) is 11.8 Å². The third-order valence-electron chi connectivity index (χ3n) is 4.07. The summed E-state index contributed by atoms with van der Waals surface area (Å²) in [7, 11) is 0. The van der Waals surface area contributed by atoms with E-state index in [1.54, 1.807) is 6.20 Å². The molecule has 24 heavy (non-hydrogen) atoms. The van der Waals surface area contributed by atoms with Gasteiger partial charge in [0.1, 0.15) is 5.75 Å². The first kappa shape index (κ1) is 14.9. The third-order valence-corrected chi connectivity index (χ3v) is 5.03. The lowest BCUT2D eigenvalue weighted by atomic mass is 9.92. The van der Waals surface area contributed by atoms with Gasteiger partial charge in [0.25, 0.3) is 0 Å². The normalized spacial score (nSPS) is 16.1. The molecule has 1 atom stereocenters. The number of amides is 1. The lowest BCUT2D eigenvalue weighted by molar-refractivity contribution is -0.118. The van der Waals surface area contributed by atoms with Crippen LogP contribution in [0.3, 0.4) is 0 Å². The molecule has 120 valence electrons. The summed E-state index contributed by atoms with van der Waals surface area (Å²) in [5, 5.41) is 3.58. The van der Waals surface area contributed by atoms with E-state index in [0.29, 0.717) is 18.2 Å². The van der Waals surface area contributed by atoms with Crippen LogP contribution in [-0.4, -0.2) is 17.5 Å². The van der Waals surface area contributed by atoms with Gasteiger partial charge in [-0.05, 0) is 18.1 Å². The predicted molar refractivity (Wildman–Crippen MR) is 95.5 cm³/mol. The number of thiazole rings is 1. The number of aromatic nitrogens is 1. The quantitative estimate of drug-likeness (QED) is 0.775. The molecule has 0 bridgehead atoms. The number of ether oxygens (including phenoxy) is 1. The van der Waals surface area contributed by atoms with Crippen LogP contribution in [0.1, 0.15) is 17.9 Å². The molecule has 0 saturated carbocycles. The first-order valence-corrected chi connectivity index (χ1v) is 8.67. The van der Waals surface area contributed by atoms with Gasteiger partial charge in [0.2, 0.25) is 5.91 Å². The maximum Gasteiger partial charge on any atom is 0.233 e. The van der Waals surface area contributed by atoms with Gasteiger partial charge in [0.05, 0.1) is 17.4 Å². The van der Waals surface area contributed by atoms with E-state index in [1.807, 2.05) is 54.6 Å². The van der Waals surface area contributed by atoms with Crippen LogP contribution in [0.5, 0.6) is 5.75 Å². The van der Waals surface area contributed by atoms with Crippen molar-refractivity contribution in [3.63, 3.8) is 0 Å². The lowest BCUT2D eigenvalue weighted by Crippen LogP contribution is -2.26. The number of carbonyl (C=O) groups is 1. The summed E-state index contributed by atoms with van der Waals surface area (Å²) >= 11 is 1.49. The number of hydrogen-bond acceptors (Lipinski definition) is 4. The molecule has 1 aromatic heterocycles. The van der Waals surface area contributed by atoms with E-state index in [9.17, 15) is 4.79 Å². The number of fused-ring (bicyclic) bond motifs is 1. The number of benzene rings is 2. The second-order valence-electron chi connectivity index (χ2n) is 5.61. The van der Waals surface area contributed by atoms with Crippen molar-refractivity contribution in [1.82, 2.24) is 4.98 Å². The van der Waals surface area contributed by atoms with E-state index in [0.717, 1.165) is 21.8 Å². The molecule has 0 unspecified atom stereocenters. The Hall–Kier alpha value is -2.66. The van der Waals surface area contributed by atoms with Crippen LogP contribution in [0.4, 0.5) is 5.13 Å². The van der Waals surface area contributed by atoms with Crippen molar-refractivity contribution < 1.29 is 9.53 Å². The Bertz CT molecular complexity index is 861. The summed E-state index contributed by atoms with van der Waals surface area (Å²) in [5.41, 5.74) is 2.05. The van der Waals surface area contributed by atoms with Crippen molar-refractivity contribution in [1.29, 1.82) is 0 Å². The molecule has 1 aliphatic heterocycles. The summed E-state index contributed by atoms with van der Waals surface area (Å²) in [6.07, 6.45) is 2.48. The Kier molecular flexibility index (Phi) is 4.01. The highest BCUT2D eigenvalue weighted by atomic mass is 32.1. The van der Waals surface area contributed by atoms with E-state index >= 15 is 0 Å². The van der Waals surface area contributed by atoms with Gasteiger partial charge in [-0.1, -0.05) is 59.9 Å². The SMILES string of the molecule is O=C(Nc1ncc(-c2ccccc2)s1)[C@H]1CCOc2ccccc21. The highest BCUT2D eigenvalue weighted by molar-refractivity contribution is 7.19. The number of anilines is 1. The highest BCUT2D eigenvalue weighted by Crippen LogP contribution is 2.35. The molecule has 1 aliphatic rings. The Morgan fingerprint density at radius 1 is 1.12 bits per heavy atom. The van der Waals surface area contributed by atoms with E-state index in [-0.39, 0.29) is 11.8 Å². The van der Waals surface area contributed by atoms with Crippen molar-refractivity contribution in [3.05, 3.63) is 66.4 Å². The largest absolute Gasteiger partial charge is 0.493 e. The molecule has 1 N–H and O–H groups in total. The molecular weight excluding hydrogens is 320 g/mol. The van der Waals surface area contributed by atoms with Crippen LogP contribution in [-0.2, 0) is 4.79 Å².